The molecule has 212 valence electrons. The number of aromatic amines is 1. The first kappa shape index (κ1) is 30.9. The van der Waals surface area contributed by atoms with Gasteiger partial charge in [-0.2, -0.15) is 8.78 Å². The Hall–Kier alpha value is -2.64. The highest BCUT2D eigenvalue weighted by atomic mass is 79.9. The fourth-order valence-corrected chi connectivity index (χ4v) is 5.66. The summed E-state index contributed by atoms with van der Waals surface area (Å²) in [5, 5.41) is 0. The van der Waals surface area contributed by atoms with Crippen LogP contribution in [-0.2, 0) is 40.7 Å². The van der Waals surface area contributed by atoms with Gasteiger partial charge in [0.15, 0.2) is 9.84 Å². The van der Waals surface area contributed by atoms with Gasteiger partial charge in [-0.3, -0.25) is 18.5 Å². The van der Waals surface area contributed by atoms with Crippen molar-refractivity contribution in [2.24, 2.45) is 5.41 Å². The third-order valence-electron chi connectivity index (χ3n) is 5.53. The lowest BCUT2D eigenvalue weighted by atomic mass is 9.98. The second kappa shape index (κ2) is 11.1. The van der Waals surface area contributed by atoms with Gasteiger partial charge in [-0.05, 0) is 50.1 Å². The van der Waals surface area contributed by atoms with Crippen molar-refractivity contribution in [3.8, 4) is 11.3 Å². The molecule has 1 atom stereocenters. The molecule has 1 aromatic heterocycles. The monoisotopic (exact) mass is 650 g/mol. The number of hydrogen-bond acceptors (Lipinski definition) is 7. The zero-order valence-electron chi connectivity index (χ0n) is 21.3. The summed E-state index contributed by atoms with van der Waals surface area (Å²) in [7, 11) is -9.05. The van der Waals surface area contributed by atoms with Crippen LogP contribution in [0.25, 0.3) is 11.3 Å². The van der Waals surface area contributed by atoms with Crippen LogP contribution in [0.1, 0.15) is 31.9 Å². The summed E-state index contributed by atoms with van der Waals surface area (Å²) in [4.78, 5) is 36.8. The summed E-state index contributed by atoms with van der Waals surface area (Å²) in [5.41, 5.74) is -5.33. The molecule has 2 aromatic carbocycles. The zero-order valence-corrected chi connectivity index (χ0v) is 24.6. The van der Waals surface area contributed by atoms with Crippen molar-refractivity contribution in [3.63, 3.8) is 0 Å². The summed E-state index contributed by atoms with van der Waals surface area (Å²) in [6, 6.07) is 9.31. The molecule has 10 nitrogen and oxygen atoms in total. The van der Waals surface area contributed by atoms with Crippen molar-refractivity contribution in [2.45, 2.75) is 37.9 Å². The van der Waals surface area contributed by atoms with Gasteiger partial charge in [-0.1, -0.05) is 40.2 Å². The minimum atomic E-state index is -5.64. The Morgan fingerprint density at radius 2 is 1.77 bits per heavy atom. The maximum absolute atomic E-state index is 15.0. The average molecular weight is 651 g/mol. The number of rotatable bonds is 9. The number of nitrogens with one attached hydrogen (secondary N) is 1. The molecule has 0 saturated carbocycles. The van der Waals surface area contributed by atoms with Crippen LogP contribution in [0.5, 0.6) is 0 Å². The van der Waals surface area contributed by atoms with E-state index in [1.165, 1.54) is 67.9 Å². The number of nitrogens with zero attached hydrogens (tertiary/aromatic N) is 1. The predicted molar refractivity (Wildman–Crippen MR) is 142 cm³/mol. The Bertz CT molecular complexity index is 1600. The van der Waals surface area contributed by atoms with Crippen LogP contribution >= 0.6 is 23.5 Å². The van der Waals surface area contributed by atoms with Crippen molar-refractivity contribution >= 4 is 39.3 Å². The second-order valence-electron chi connectivity index (χ2n) is 9.67. The van der Waals surface area contributed by atoms with E-state index in [-0.39, 0.29) is 15.9 Å². The number of carbonyl (C=O) groups excluding carboxylic acids is 1. The third kappa shape index (κ3) is 6.93. The van der Waals surface area contributed by atoms with Crippen LogP contribution in [0.4, 0.5) is 8.78 Å². The normalized spacial score (nSPS) is 14.2. The summed E-state index contributed by atoms with van der Waals surface area (Å²) in [5.74, 6) is -0.804. The van der Waals surface area contributed by atoms with Gasteiger partial charge in [0.25, 0.3) is 0 Å². The predicted octanol–water partition coefficient (Wildman–Crippen LogP) is 4.86. The number of aromatic nitrogens is 2. The van der Waals surface area contributed by atoms with E-state index in [4.69, 9.17) is 0 Å². The summed E-state index contributed by atoms with van der Waals surface area (Å²) in [6.45, 7) is 3.34. The Labute approximate surface area is 231 Å². The Morgan fingerprint density at radius 3 is 2.31 bits per heavy atom. The molecule has 0 saturated heterocycles. The molecule has 0 aliphatic carbocycles. The van der Waals surface area contributed by atoms with Gasteiger partial charge in [0.05, 0.1) is 22.5 Å². The molecule has 39 heavy (non-hydrogen) atoms. The minimum Gasteiger partial charge on any atom is -0.438 e. The molecule has 15 heteroatoms. The second-order valence-corrected chi connectivity index (χ2v) is 14.4. The zero-order chi connectivity index (χ0) is 29.4. The first-order valence-corrected chi connectivity index (χ1v) is 15.5. The topological polar surface area (TPSA) is 145 Å². The van der Waals surface area contributed by atoms with E-state index < -0.39 is 52.5 Å². The summed E-state index contributed by atoms with van der Waals surface area (Å²) in [6.07, 6.45) is 2.50. The molecule has 3 rings (SSSR count). The molecule has 0 amide bonds. The fraction of sp³-hybridized carbons (Fsp3) is 0.333. The highest BCUT2D eigenvalue weighted by Gasteiger charge is 2.54. The summed E-state index contributed by atoms with van der Waals surface area (Å²) < 4.78 is 76.0. The molecule has 1 heterocycles. The Morgan fingerprint density at radius 1 is 1.15 bits per heavy atom. The number of ether oxygens (including phenoxy) is 1. The number of hydrogen-bond donors (Lipinski definition) is 2. The average Bonchev–Trinajstić information content (AvgIpc) is 3.17. The molecular weight excluding hydrogens is 625 g/mol. The van der Waals surface area contributed by atoms with Gasteiger partial charge in [0, 0.05) is 22.5 Å². The molecule has 0 radical (unpaired) electrons. The molecule has 0 aliphatic heterocycles. The van der Waals surface area contributed by atoms with E-state index in [0.29, 0.717) is 16.8 Å². The smallest absolute Gasteiger partial charge is 0.404 e. The van der Waals surface area contributed by atoms with E-state index in [2.05, 4.69) is 30.2 Å². The maximum Gasteiger partial charge on any atom is 0.404 e. The van der Waals surface area contributed by atoms with Crippen molar-refractivity contribution in [3.05, 3.63) is 74.7 Å². The van der Waals surface area contributed by atoms with Gasteiger partial charge in [0.2, 0.25) is 6.79 Å². The Balaban J connectivity index is 1.83. The van der Waals surface area contributed by atoms with Crippen molar-refractivity contribution in [1.82, 2.24) is 9.55 Å². The van der Waals surface area contributed by atoms with E-state index in [1.807, 2.05) is 0 Å². The van der Waals surface area contributed by atoms with Crippen LogP contribution in [0.2, 0.25) is 0 Å². The fourth-order valence-electron chi connectivity index (χ4n) is 3.35. The van der Waals surface area contributed by atoms with E-state index in [0.717, 1.165) is 12.3 Å². The van der Waals surface area contributed by atoms with Gasteiger partial charge in [-0.25, -0.2) is 13.2 Å². The highest BCUT2D eigenvalue weighted by Crippen LogP contribution is 2.64. The van der Waals surface area contributed by atoms with Crippen LogP contribution in [0.3, 0.4) is 0 Å². The molecule has 2 N–H and O–H groups in total. The van der Waals surface area contributed by atoms with Crippen LogP contribution in [-0.4, -0.2) is 41.9 Å². The van der Waals surface area contributed by atoms with Gasteiger partial charge in [-0.15, -0.1) is 0 Å². The highest BCUT2D eigenvalue weighted by molar-refractivity contribution is 9.10. The third-order valence-corrected chi connectivity index (χ3v) is 8.72. The van der Waals surface area contributed by atoms with Gasteiger partial charge >= 0.3 is 24.9 Å². The maximum atomic E-state index is 15.0. The van der Waals surface area contributed by atoms with E-state index >= 15 is 8.78 Å². The number of esters is 1. The Kier molecular flexibility index (Phi) is 8.78. The molecule has 0 spiro atoms. The van der Waals surface area contributed by atoms with Crippen LogP contribution in [0.15, 0.2) is 62.8 Å². The number of alkyl halides is 2. The lowest BCUT2D eigenvalue weighted by Crippen LogP contribution is -2.25. The molecule has 0 aliphatic rings. The van der Waals surface area contributed by atoms with Crippen molar-refractivity contribution < 1.29 is 40.7 Å². The molecule has 0 fully saturated rings. The number of benzene rings is 2. The van der Waals surface area contributed by atoms with E-state index in [1.54, 1.807) is 0 Å². The number of halogens is 3. The van der Waals surface area contributed by atoms with Gasteiger partial charge in [0.1, 0.15) is 0 Å². The quantitative estimate of drug-likeness (QED) is 0.190. The van der Waals surface area contributed by atoms with E-state index in [9.17, 15) is 27.5 Å². The SMILES string of the molecule is CC(C)(C)C(=O)OCOP(=O)(O)C(F)(F)c1ccc(Cn2c(-c3ccc(S(C)(=O)=O)cc3)c[nH]c2=O)cc1Br. The molecular formula is C24H26BrF2N2O8PS. The number of sulfone groups is 1. The minimum absolute atomic E-state index is 0.0635. The molecule has 3 aromatic rings. The van der Waals surface area contributed by atoms with Gasteiger partial charge < -0.3 is 14.6 Å². The summed E-state index contributed by atoms with van der Waals surface area (Å²) >= 11 is 3.00. The first-order valence-electron chi connectivity index (χ1n) is 11.2. The standard InChI is InChI=1S/C24H26BrF2N2O8PS/c1-23(2,3)21(30)36-14-37-38(32,33)24(26,27)18-10-5-15(11-19(18)25)13-29-20(12-28-22(29)31)16-6-8-17(9-7-16)39(4,34)35/h5-12H,13-14H2,1-4H3,(H,28,31)(H,32,33). The number of H-pyrrole nitrogens is 1. The molecule has 1 unspecified atom stereocenters. The lowest BCUT2D eigenvalue weighted by Gasteiger charge is -2.24. The number of imidazole rings is 1. The largest absolute Gasteiger partial charge is 0.438 e. The van der Waals surface area contributed by atoms with Crippen LogP contribution in [0, 0.1) is 5.41 Å². The molecule has 0 bridgehead atoms. The number of carbonyl (C=O) groups is 1. The van der Waals surface area contributed by atoms with Crippen LogP contribution < -0.4 is 5.69 Å². The lowest BCUT2D eigenvalue weighted by molar-refractivity contribution is -0.160. The van der Waals surface area contributed by atoms with Crippen molar-refractivity contribution in [2.75, 3.05) is 13.0 Å². The first-order chi connectivity index (χ1) is 17.8. The van der Waals surface area contributed by atoms with Crippen molar-refractivity contribution in [1.29, 1.82) is 0 Å².